The first-order valence-corrected chi connectivity index (χ1v) is 0.655. The molecule has 0 aliphatic carbocycles. The van der Waals surface area contributed by atoms with Crippen LogP contribution in [-0.4, -0.2) is 24.9 Å². The largest absolute Gasteiger partial charge is 3.00 e. The topological polar surface area (TPSA) is 0 Å². The van der Waals surface area contributed by atoms with Crippen molar-refractivity contribution in [2.75, 3.05) is 0 Å². The molecule has 8 heteroatoms. The molecule has 0 aromatic rings. The second kappa shape index (κ2) is 24.0. The normalized spacial score (nSPS) is 3.38. The van der Waals surface area contributed by atoms with Crippen LogP contribution in [0.2, 0.25) is 0 Å². The molecule has 48 valence electrons. The van der Waals surface area contributed by atoms with Gasteiger partial charge in [-0.25, -0.2) is 0 Å². The molecular weight excluding hydrogens is 201 g/mol. The van der Waals surface area contributed by atoms with Crippen LogP contribution in [0, 0.1) is 0 Å². The van der Waals surface area contributed by atoms with Crippen molar-refractivity contribution in [3.05, 3.63) is 0 Å². The Morgan fingerprint density at radius 3 is 0.750 bits per heavy atom. The van der Waals surface area contributed by atoms with Crippen molar-refractivity contribution >= 4 is 24.9 Å². The molecule has 0 saturated carbocycles. The first-order chi connectivity index (χ1) is 1.73. The summed E-state index contributed by atoms with van der Waals surface area (Å²) in [6.45, 7) is 0. The van der Waals surface area contributed by atoms with Crippen LogP contribution >= 0.6 is 0 Å². The third-order valence-corrected chi connectivity index (χ3v) is 0. The Morgan fingerprint density at radius 1 is 0.750 bits per heavy atom. The van der Waals surface area contributed by atoms with Gasteiger partial charge in [0.05, 0.1) is 0 Å². The Hall–Kier alpha value is 1.26. The summed E-state index contributed by atoms with van der Waals surface area (Å²) >= 11 is 0. The molecule has 8 heavy (non-hydrogen) atoms. The molecule has 0 rings (SSSR count). The fraction of sp³-hybridized carbons (Fsp3) is 0. The van der Waals surface area contributed by atoms with E-state index in [2.05, 4.69) is 0 Å². The summed E-state index contributed by atoms with van der Waals surface area (Å²) in [5.41, 5.74) is 0. The molecule has 0 aliphatic heterocycles. The maximum absolute atomic E-state index is 9.67. The first-order valence-electron chi connectivity index (χ1n) is 0.655. The van der Waals surface area contributed by atoms with Crippen molar-refractivity contribution in [2.24, 2.45) is 0 Å². The Bertz CT molecular complexity index is 19.2. The second-order valence-electron chi connectivity index (χ2n) is 0.247. The Morgan fingerprint density at radius 2 is 0.750 bits per heavy atom. The number of rotatable bonds is 0. The summed E-state index contributed by atoms with van der Waals surface area (Å²) in [6.07, 6.45) is 0. The Labute approximate surface area is 75.2 Å². The van der Waals surface area contributed by atoms with Crippen molar-refractivity contribution in [1.29, 1.82) is 0 Å². The average molecular weight is 201 g/mol. The van der Waals surface area contributed by atoms with Gasteiger partial charge in [-0.2, -0.15) is 0 Å². The summed E-state index contributed by atoms with van der Waals surface area (Å²) in [6, 6.07) is 0. The molecule has 0 spiro atoms. The van der Waals surface area contributed by atoms with Crippen LogP contribution in [0.25, 0.3) is 0 Å². The molecule has 0 nitrogen and oxygen atoms in total. The van der Waals surface area contributed by atoms with Crippen LogP contribution in [0.5, 0.6) is 0 Å². The van der Waals surface area contributed by atoms with E-state index in [-0.39, 0.29) is 54.6 Å². The molecule has 0 aliphatic rings. The third kappa shape index (κ3) is 180. The first kappa shape index (κ1) is 34.8. The van der Waals surface area contributed by atoms with Crippen LogP contribution < -0.4 is 37.2 Å². The smallest absolute Gasteiger partial charge is 1.00 e. The van der Waals surface area contributed by atoms with E-state index in [1.165, 1.54) is 0 Å². The minimum Gasteiger partial charge on any atom is -1.00 e. The van der Waals surface area contributed by atoms with E-state index in [9.17, 15) is 12.9 Å². The van der Waals surface area contributed by atoms with Crippen LogP contribution in [0.4, 0.5) is 12.9 Å². The molecule has 0 amide bonds. The van der Waals surface area contributed by atoms with Crippen molar-refractivity contribution in [3.63, 3.8) is 0 Å². The van der Waals surface area contributed by atoms with Crippen molar-refractivity contribution in [2.45, 2.75) is 0 Å². The monoisotopic (exact) mass is 200 g/mol. The molecule has 0 aromatic heterocycles. The van der Waals surface area contributed by atoms with Gasteiger partial charge in [0.25, 0.3) is 0 Å². The fourth-order valence-electron chi connectivity index (χ4n) is 0. The summed E-state index contributed by atoms with van der Waals surface area (Å²) in [5, 5.41) is 0. The number of halogens is 6. The molecular formula is AlBCl3F3. The molecule has 0 fully saturated rings. The SMILES string of the molecule is FB(F)F.[Al+3].[Cl-].[Cl-].[Cl-]. The maximum Gasteiger partial charge on any atom is 3.00 e. The van der Waals surface area contributed by atoms with E-state index in [0.29, 0.717) is 0 Å². The van der Waals surface area contributed by atoms with Gasteiger partial charge >= 0.3 is 24.9 Å². The van der Waals surface area contributed by atoms with Gasteiger partial charge in [0, 0.05) is 0 Å². The minimum atomic E-state index is -3.67. The summed E-state index contributed by atoms with van der Waals surface area (Å²) < 4.78 is 29.0. The molecule has 0 N–H and O–H groups in total. The van der Waals surface area contributed by atoms with Gasteiger partial charge in [-0.15, -0.1) is 0 Å². The summed E-state index contributed by atoms with van der Waals surface area (Å²) in [5.74, 6) is 0. The molecule has 0 unspecified atom stereocenters. The van der Waals surface area contributed by atoms with Crippen LogP contribution in [0.3, 0.4) is 0 Å². The molecule has 0 aromatic carbocycles. The summed E-state index contributed by atoms with van der Waals surface area (Å²) in [7, 11) is -3.67. The van der Waals surface area contributed by atoms with Crippen molar-refractivity contribution < 1.29 is 50.2 Å². The van der Waals surface area contributed by atoms with Gasteiger partial charge in [0.15, 0.2) is 0 Å². The van der Waals surface area contributed by atoms with Crippen LogP contribution in [0.15, 0.2) is 0 Å². The Balaban J connectivity index is -0.00000000750. The van der Waals surface area contributed by atoms with E-state index < -0.39 is 7.54 Å². The zero-order chi connectivity index (χ0) is 3.58. The predicted octanol–water partition coefficient (Wildman–Crippen LogP) is -8.49. The zero-order valence-corrected chi connectivity index (χ0v) is 6.84. The Kier molecular flexibility index (Phi) is 104. The molecule has 0 atom stereocenters. The van der Waals surface area contributed by atoms with E-state index >= 15 is 0 Å². The van der Waals surface area contributed by atoms with Gasteiger partial charge in [-0.1, -0.05) is 0 Å². The van der Waals surface area contributed by atoms with Gasteiger partial charge < -0.3 is 37.2 Å². The minimum absolute atomic E-state index is 0. The fourth-order valence-corrected chi connectivity index (χ4v) is 0. The maximum atomic E-state index is 9.67. The van der Waals surface area contributed by atoms with Crippen LogP contribution in [-0.2, 0) is 0 Å². The van der Waals surface area contributed by atoms with Crippen LogP contribution in [0.1, 0.15) is 0 Å². The molecule has 0 saturated heterocycles. The van der Waals surface area contributed by atoms with Crippen molar-refractivity contribution in [1.82, 2.24) is 0 Å². The van der Waals surface area contributed by atoms with Crippen molar-refractivity contribution in [3.8, 4) is 0 Å². The van der Waals surface area contributed by atoms with E-state index in [1.807, 2.05) is 0 Å². The molecule has 0 heterocycles. The number of hydrogen-bond donors (Lipinski definition) is 0. The molecule has 0 bridgehead atoms. The predicted molar refractivity (Wildman–Crippen MR) is 14.8 cm³/mol. The summed E-state index contributed by atoms with van der Waals surface area (Å²) in [4.78, 5) is 0. The third-order valence-electron chi connectivity index (χ3n) is 0. The van der Waals surface area contributed by atoms with Gasteiger partial charge in [-0.3, -0.25) is 12.9 Å². The standard InChI is InChI=1S/Al.BF3.3ClH/c;2-1(3)4;;;/h;;3*1H/q+3;;;;/p-3. The van der Waals surface area contributed by atoms with Gasteiger partial charge in [0.1, 0.15) is 0 Å². The number of hydrogen-bond acceptors (Lipinski definition) is 0. The van der Waals surface area contributed by atoms with Gasteiger partial charge in [-0.05, 0) is 0 Å². The second-order valence-corrected chi connectivity index (χ2v) is 0.247. The quantitative estimate of drug-likeness (QED) is 0.341. The zero-order valence-electron chi connectivity index (χ0n) is 3.42. The van der Waals surface area contributed by atoms with E-state index in [1.54, 1.807) is 0 Å². The van der Waals surface area contributed by atoms with E-state index in [4.69, 9.17) is 0 Å². The van der Waals surface area contributed by atoms with E-state index in [0.717, 1.165) is 0 Å². The van der Waals surface area contributed by atoms with Gasteiger partial charge in [0.2, 0.25) is 0 Å². The average Bonchev–Trinajstić information content (AvgIpc) is 0.811. The molecule has 0 radical (unpaired) electrons.